The molecule has 1 aliphatic heterocycles. The molecular weight excluding hydrogens is 350 g/mol. The number of carbonyl (C=O) groups excluding carboxylic acids is 1. The summed E-state index contributed by atoms with van der Waals surface area (Å²) in [6.07, 6.45) is 1.17. The van der Waals surface area contributed by atoms with Gasteiger partial charge in [-0.15, -0.1) is 11.3 Å². The van der Waals surface area contributed by atoms with Crippen molar-refractivity contribution in [2.45, 2.75) is 32.2 Å². The largest absolute Gasteiger partial charge is 0.508 e. The van der Waals surface area contributed by atoms with E-state index in [9.17, 15) is 9.90 Å². The summed E-state index contributed by atoms with van der Waals surface area (Å²) in [7, 11) is 1.63. The molecule has 0 saturated carbocycles. The van der Waals surface area contributed by atoms with Crippen molar-refractivity contribution in [3.05, 3.63) is 34.5 Å². The molecule has 0 saturated heterocycles. The van der Waals surface area contributed by atoms with Crippen LogP contribution in [0.1, 0.15) is 31.6 Å². The zero-order valence-corrected chi connectivity index (χ0v) is 16.0. The summed E-state index contributed by atoms with van der Waals surface area (Å²) in [5, 5.41) is 11.9. The van der Waals surface area contributed by atoms with Gasteiger partial charge in [0, 0.05) is 17.5 Å². The van der Waals surface area contributed by atoms with Gasteiger partial charge in [-0.25, -0.2) is 4.99 Å². The number of nitrogens with two attached hydrogens (primary N) is 1. The van der Waals surface area contributed by atoms with Gasteiger partial charge in [0.05, 0.1) is 13.0 Å². The number of thiophene rings is 1. The first-order valence-electron chi connectivity index (χ1n) is 8.51. The Hall–Kier alpha value is -2.54. The monoisotopic (exact) mass is 373 g/mol. The Morgan fingerprint density at radius 2 is 2.19 bits per heavy atom. The van der Waals surface area contributed by atoms with Gasteiger partial charge >= 0.3 is 0 Å². The highest BCUT2D eigenvalue weighted by Gasteiger charge is 2.37. The molecule has 1 amide bonds. The SMILES string of the molecule is CCCOc1ccc(O)cc1-c1csc([C@]2(C)CC(=O)N(C)C(N)=N2)c1. The molecule has 138 valence electrons. The first-order valence-corrected chi connectivity index (χ1v) is 9.39. The van der Waals surface area contributed by atoms with Crippen molar-refractivity contribution in [2.24, 2.45) is 10.7 Å². The topological polar surface area (TPSA) is 88.2 Å². The molecule has 1 atom stereocenters. The van der Waals surface area contributed by atoms with Gasteiger partial charge in [0.25, 0.3) is 0 Å². The minimum absolute atomic E-state index is 0.0562. The summed E-state index contributed by atoms with van der Waals surface area (Å²) in [6.45, 7) is 4.56. The molecule has 0 radical (unpaired) electrons. The van der Waals surface area contributed by atoms with Crippen molar-refractivity contribution in [1.29, 1.82) is 0 Å². The summed E-state index contributed by atoms with van der Waals surface area (Å²) < 4.78 is 5.81. The molecule has 0 aliphatic carbocycles. The number of aromatic hydroxyl groups is 1. The van der Waals surface area contributed by atoms with Gasteiger partial charge in [0.1, 0.15) is 17.0 Å². The Morgan fingerprint density at radius 1 is 1.42 bits per heavy atom. The van der Waals surface area contributed by atoms with Crippen LogP contribution in [0.3, 0.4) is 0 Å². The molecule has 7 heteroatoms. The summed E-state index contributed by atoms with van der Waals surface area (Å²) in [5.41, 5.74) is 6.97. The number of phenolic OH excluding ortho intramolecular Hbond substituents is 1. The zero-order chi connectivity index (χ0) is 18.9. The first-order chi connectivity index (χ1) is 12.3. The van der Waals surface area contributed by atoms with Crippen LogP contribution < -0.4 is 10.5 Å². The normalized spacial score (nSPS) is 20.2. The van der Waals surface area contributed by atoms with Gasteiger partial charge in [-0.2, -0.15) is 0 Å². The number of hydrogen-bond donors (Lipinski definition) is 2. The fourth-order valence-electron chi connectivity index (χ4n) is 2.89. The molecule has 1 aromatic carbocycles. The number of rotatable bonds is 5. The lowest BCUT2D eigenvalue weighted by Crippen LogP contribution is -2.47. The number of amides is 1. The van der Waals surface area contributed by atoms with Crippen molar-refractivity contribution >= 4 is 23.2 Å². The van der Waals surface area contributed by atoms with Crippen LogP contribution in [0.5, 0.6) is 11.5 Å². The maximum atomic E-state index is 12.2. The quantitative estimate of drug-likeness (QED) is 0.842. The lowest BCUT2D eigenvalue weighted by molar-refractivity contribution is -0.128. The van der Waals surface area contributed by atoms with Crippen LogP contribution in [0.2, 0.25) is 0 Å². The third-order valence-corrected chi connectivity index (χ3v) is 5.62. The minimum Gasteiger partial charge on any atom is -0.508 e. The van der Waals surface area contributed by atoms with E-state index in [1.165, 1.54) is 16.2 Å². The van der Waals surface area contributed by atoms with E-state index >= 15 is 0 Å². The highest BCUT2D eigenvalue weighted by atomic mass is 32.1. The second-order valence-corrected chi connectivity index (χ2v) is 7.51. The highest BCUT2D eigenvalue weighted by molar-refractivity contribution is 7.10. The van der Waals surface area contributed by atoms with Crippen molar-refractivity contribution < 1.29 is 14.6 Å². The van der Waals surface area contributed by atoms with Crippen LogP contribution in [-0.2, 0) is 10.3 Å². The van der Waals surface area contributed by atoms with Crippen LogP contribution in [0.15, 0.2) is 34.6 Å². The molecule has 0 unspecified atom stereocenters. The summed E-state index contributed by atoms with van der Waals surface area (Å²) in [5.74, 6) is 1.07. The Labute approximate surface area is 156 Å². The minimum atomic E-state index is -0.683. The number of ether oxygens (including phenoxy) is 1. The molecule has 1 aromatic heterocycles. The predicted octanol–water partition coefficient (Wildman–Crippen LogP) is 3.30. The second kappa shape index (κ2) is 6.99. The van der Waals surface area contributed by atoms with Crippen molar-refractivity contribution in [1.82, 2.24) is 4.90 Å². The number of carbonyl (C=O) groups is 1. The number of aliphatic imine (C=N–C) groups is 1. The number of hydrogen-bond acceptors (Lipinski definition) is 6. The molecule has 3 rings (SSSR count). The second-order valence-electron chi connectivity index (χ2n) is 6.60. The van der Waals surface area contributed by atoms with Crippen LogP contribution in [0, 0.1) is 0 Å². The van der Waals surface area contributed by atoms with Crippen LogP contribution >= 0.6 is 11.3 Å². The van der Waals surface area contributed by atoms with E-state index in [0.29, 0.717) is 6.61 Å². The maximum absolute atomic E-state index is 12.2. The van der Waals surface area contributed by atoms with E-state index in [1.54, 1.807) is 25.2 Å². The van der Waals surface area contributed by atoms with Crippen molar-refractivity contribution in [3.63, 3.8) is 0 Å². The smallest absolute Gasteiger partial charge is 0.231 e. The van der Waals surface area contributed by atoms with Crippen LogP contribution in [0.4, 0.5) is 0 Å². The average Bonchev–Trinajstić information content (AvgIpc) is 3.09. The van der Waals surface area contributed by atoms with Gasteiger partial charge in [-0.05, 0) is 48.6 Å². The third kappa shape index (κ3) is 3.39. The van der Waals surface area contributed by atoms with Gasteiger partial charge in [-0.1, -0.05) is 6.92 Å². The maximum Gasteiger partial charge on any atom is 0.231 e. The fraction of sp³-hybridized carbons (Fsp3) is 0.368. The number of nitrogens with zero attached hydrogens (tertiary/aromatic N) is 2. The van der Waals surface area contributed by atoms with Gasteiger partial charge in [-0.3, -0.25) is 9.69 Å². The average molecular weight is 373 g/mol. The highest BCUT2D eigenvalue weighted by Crippen LogP contribution is 2.41. The van der Waals surface area contributed by atoms with Crippen molar-refractivity contribution in [2.75, 3.05) is 13.7 Å². The molecule has 26 heavy (non-hydrogen) atoms. The summed E-state index contributed by atoms with van der Waals surface area (Å²) >= 11 is 1.52. The lowest BCUT2D eigenvalue weighted by atomic mass is 9.93. The van der Waals surface area contributed by atoms with Gasteiger partial charge < -0.3 is 15.6 Å². The van der Waals surface area contributed by atoms with E-state index in [-0.39, 0.29) is 24.0 Å². The number of benzene rings is 1. The van der Waals surface area contributed by atoms with E-state index < -0.39 is 5.54 Å². The molecule has 0 fully saturated rings. The summed E-state index contributed by atoms with van der Waals surface area (Å²) in [6, 6.07) is 7.07. The Bertz CT molecular complexity index is 861. The molecule has 3 N–H and O–H groups in total. The zero-order valence-electron chi connectivity index (χ0n) is 15.2. The van der Waals surface area contributed by atoms with E-state index in [4.69, 9.17) is 10.5 Å². The molecule has 2 aromatic rings. The van der Waals surface area contributed by atoms with Gasteiger partial charge in [0.15, 0.2) is 5.96 Å². The lowest BCUT2D eigenvalue weighted by Gasteiger charge is -2.32. The molecule has 0 spiro atoms. The third-order valence-electron chi connectivity index (χ3n) is 4.44. The predicted molar refractivity (Wildman–Crippen MR) is 104 cm³/mol. The van der Waals surface area contributed by atoms with Crippen LogP contribution in [0.25, 0.3) is 11.1 Å². The van der Waals surface area contributed by atoms with E-state index in [0.717, 1.165) is 28.2 Å². The molecule has 6 nitrogen and oxygen atoms in total. The Balaban J connectivity index is 1.98. The standard InChI is InChI=1S/C19H23N3O3S/c1-4-7-25-15-6-5-13(23)9-14(15)12-8-16(26-11-12)19(2)10-17(24)22(3)18(20)21-19/h5-6,8-9,11,23H,4,7,10H2,1-3H3,(H2,20,21)/t19-/m0/s1. The first kappa shape index (κ1) is 18.3. The van der Waals surface area contributed by atoms with Gasteiger partial charge in [0.2, 0.25) is 5.91 Å². The molecule has 2 heterocycles. The number of guanidine groups is 1. The van der Waals surface area contributed by atoms with E-state index in [2.05, 4.69) is 4.99 Å². The van der Waals surface area contributed by atoms with E-state index in [1.807, 2.05) is 25.3 Å². The fourth-order valence-corrected chi connectivity index (χ4v) is 3.91. The Kier molecular flexibility index (Phi) is 4.91. The molecule has 1 aliphatic rings. The Morgan fingerprint density at radius 3 is 2.88 bits per heavy atom. The van der Waals surface area contributed by atoms with Crippen LogP contribution in [-0.4, -0.2) is 35.5 Å². The van der Waals surface area contributed by atoms with Crippen molar-refractivity contribution in [3.8, 4) is 22.6 Å². The molecule has 0 bridgehead atoms. The summed E-state index contributed by atoms with van der Waals surface area (Å²) in [4.78, 5) is 19.1. The number of phenols is 1. The molecular formula is C19H23N3O3S.